The number of benzene rings is 8. The second-order valence-electron chi connectivity index (χ2n) is 12.6. The molecule has 0 fully saturated rings. The van der Waals surface area contributed by atoms with Gasteiger partial charge in [-0.05, 0) is 100 Å². The quantitative estimate of drug-likeness (QED) is 0.169. The summed E-state index contributed by atoms with van der Waals surface area (Å²) < 4.78 is 2.38. The normalized spacial score (nSPS) is 11.2. The Morgan fingerprint density at radius 2 is 0.840 bits per heavy atom. The minimum Gasteiger partial charge on any atom is -0.310 e. The number of fused-ring (bicyclic) bond motifs is 3. The number of anilines is 3. The lowest BCUT2D eigenvalue weighted by atomic mass is 9.95. The lowest BCUT2D eigenvalue weighted by molar-refractivity contribution is 1.18. The van der Waals surface area contributed by atoms with Crippen LogP contribution in [0, 0.1) is 0 Å². The van der Waals surface area contributed by atoms with Crippen LogP contribution in [0.2, 0.25) is 0 Å². The van der Waals surface area contributed by atoms with Crippen LogP contribution in [-0.4, -0.2) is 4.57 Å². The SMILES string of the molecule is c1ccc(-c2ccc(N(c3ccccc3)c3cccc(-c4cccc(-c5cccc6c5c5ccccc5n6-c5ccccc5)c4)c3)cc2)cc1. The van der Waals surface area contributed by atoms with Crippen LogP contribution in [0.3, 0.4) is 0 Å². The first-order chi connectivity index (χ1) is 24.8. The summed E-state index contributed by atoms with van der Waals surface area (Å²) >= 11 is 0. The molecule has 0 spiro atoms. The van der Waals surface area contributed by atoms with Crippen molar-refractivity contribution in [2.45, 2.75) is 0 Å². The van der Waals surface area contributed by atoms with Crippen molar-refractivity contribution in [3.05, 3.63) is 206 Å². The fourth-order valence-electron chi connectivity index (χ4n) is 7.26. The van der Waals surface area contributed by atoms with Gasteiger partial charge in [-0.2, -0.15) is 0 Å². The largest absolute Gasteiger partial charge is 0.310 e. The molecule has 2 heteroatoms. The van der Waals surface area contributed by atoms with Gasteiger partial charge in [0, 0.05) is 33.5 Å². The molecule has 0 aliphatic carbocycles. The van der Waals surface area contributed by atoms with E-state index in [1.165, 1.54) is 60.9 Å². The van der Waals surface area contributed by atoms with Crippen molar-refractivity contribution in [1.29, 1.82) is 0 Å². The second-order valence-corrected chi connectivity index (χ2v) is 12.6. The van der Waals surface area contributed by atoms with Gasteiger partial charge in [0.25, 0.3) is 0 Å². The number of hydrogen-bond donors (Lipinski definition) is 0. The van der Waals surface area contributed by atoms with Gasteiger partial charge in [-0.15, -0.1) is 0 Å². The van der Waals surface area contributed by atoms with Crippen LogP contribution in [0.25, 0.3) is 60.9 Å². The maximum atomic E-state index is 2.38. The molecule has 0 N–H and O–H groups in total. The van der Waals surface area contributed by atoms with Gasteiger partial charge < -0.3 is 9.47 Å². The summed E-state index contributed by atoms with van der Waals surface area (Å²) in [6.45, 7) is 0. The second kappa shape index (κ2) is 12.8. The molecule has 0 bridgehead atoms. The molecule has 9 rings (SSSR count). The summed E-state index contributed by atoms with van der Waals surface area (Å²) in [5.41, 5.74) is 14.1. The first-order valence-corrected chi connectivity index (χ1v) is 17.1. The Morgan fingerprint density at radius 1 is 0.320 bits per heavy atom. The van der Waals surface area contributed by atoms with E-state index >= 15 is 0 Å². The van der Waals surface area contributed by atoms with Crippen LogP contribution in [-0.2, 0) is 0 Å². The number of hydrogen-bond acceptors (Lipinski definition) is 1. The average Bonchev–Trinajstić information content (AvgIpc) is 3.54. The standard InChI is InChI=1S/C48H34N2/c1-4-15-35(16-5-1)36-29-31-42(32-30-36)49(40-20-6-2-7-21-40)43-24-13-18-38(34-43)37-17-12-19-39(33-37)44-26-14-28-47-48(44)45-25-10-11-27-46(45)50(47)41-22-8-3-9-23-41/h1-34H. The third kappa shape index (κ3) is 5.34. The predicted octanol–water partition coefficient (Wildman–Crippen LogP) is 13.3. The van der Waals surface area contributed by atoms with E-state index in [4.69, 9.17) is 0 Å². The summed E-state index contributed by atoms with van der Waals surface area (Å²) in [6.07, 6.45) is 0. The zero-order valence-electron chi connectivity index (χ0n) is 27.5. The van der Waals surface area contributed by atoms with E-state index in [0.29, 0.717) is 0 Å². The molecule has 0 saturated heterocycles. The van der Waals surface area contributed by atoms with E-state index < -0.39 is 0 Å². The maximum Gasteiger partial charge on any atom is 0.0547 e. The van der Waals surface area contributed by atoms with Crippen LogP contribution in [0.15, 0.2) is 206 Å². The van der Waals surface area contributed by atoms with E-state index in [9.17, 15) is 0 Å². The Kier molecular flexibility index (Phi) is 7.53. The number of rotatable bonds is 7. The molecule has 1 heterocycles. The van der Waals surface area contributed by atoms with Crippen molar-refractivity contribution < 1.29 is 0 Å². The summed E-state index contributed by atoms with van der Waals surface area (Å²) in [5.74, 6) is 0. The highest BCUT2D eigenvalue weighted by atomic mass is 15.1. The highest BCUT2D eigenvalue weighted by Crippen LogP contribution is 2.41. The molecule has 236 valence electrons. The van der Waals surface area contributed by atoms with Crippen LogP contribution >= 0.6 is 0 Å². The molecule has 8 aromatic carbocycles. The first kappa shape index (κ1) is 29.5. The molecule has 1 aromatic heterocycles. The molecule has 50 heavy (non-hydrogen) atoms. The molecule has 0 aliphatic heterocycles. The van der Waals surface area contributed by atoms with Crippen LogP contribution in [0.5, 0.6) is 0 Å². The summed E-state index contributed by atoms with van der Waals surface area (Å²) in [4.78, 5) is 2.33. The molecule has 0 saturated carbocycles. The average molecular weight is 639 g/mol. The molecule has 0 radical (unpaired) electrons. The molecule has 0 unspecified atom stereocenters. The van der Waals surface area contributed by atoms with Crippen molar-refractivity contribution >= 4 is 38.9 Å². The fraction of sp³-hybridized carbons (Fsp3) is 0. The van der Waals surface area contributed by atoms with Crippen LogP contribution in [0.1, 0.15) is 0 Å². The molecule has 0 atom stereocenters. The monoisotopic (exact) mass is 638 g/mol. The number of para-hydroxylation sites is 3. The minimum absolute atomic E-state index is 1.11. The van der Waals surface area contributed by atoms with Gasteiger partial charge in [0.05, 0.1) is 11.0 Å². The Bertz CT molecular complexity index is 2570. The molecular weight excluding hydrogens is 605 g/mol. The van der Waals surface area contributed by atoms with E-state index in [1.807, 2.05) is 0 Å². The molecule has 9 aromatic rings. The highest BCUT2D eigenvalue weighted by Gasteiger charge is 2.17. The smallest absolute Gasteiger partial charge is 0.0547 e. The molecule has 0 amide bonds. The van der Waals surface area contributed by atoms with Crippen molar-refractivity contribution in [2.75, 3.05) is 4.90 Å². The number of aromatic nitrogens is 1. The summed E-state index contributed by atoms with van der Waals surface area (Å²) in [6, 6.07) is 74.0. The third-order valence-corrected chi connectivity index (χ3v) is 9.57. The highest BCUT2D eigenvalue weighted by molar-refractivity contribution is 6.15. The zero-order valence-corrected chi connectivity index (χ0v) is 27.5. The van der Waals surface area contributed by atoms with Crippen LogP contribution in [0.4, 0.5) is 17.1 Å². The Hall–Kier alpha value is -6.64. The Balaban J connectivity index is 1.14. The van der Waals surface area contributed by atoms with E-state index in [0.717, 1.165) is 17.1 Å². The van der Waals surface area contributed by atoms with Gasteiger partial charge in [0.15, 0.2) is 0 Å². The maximum absolute atomic E-state index is 2.38. The lowest BCUT2D eigenvalue weighted by Gasteiger charge is -2.26. The van der Waals surface area contributed by atoms with Crippen molar-refractivity contribution in [2.24, 2.45) is 0 Å². The minimum atomic E-state index is 1.11. The molecule has 0 aliphatic rings. The summed E-state index contributed by atoms with van der Waals surface area (Å²) in [7, 11) is 0. The Morgan fingerprint density at radius 3 is 1.62 bits per heavy atom. The number of nitrogens with zero attached hydrogens (tertiary/aromatic N) is 2. The van der Waals surface area contributed by atoms with E-state index in [-0.39, 0.29) is 0 Å². The van der Waals surface area contributed by atoms with Crippen molar-refractivity contribution in [3.8, 4) is 39.1 Å². The van der Waals surface area contributed by atoms with Gasteiger partial charge in [-0.1, -0.05) is 140 Å². The lowest BCUT2D eigenvalue weighted by Crippen LogP contribution is -2.09. The summed E-state index contributed by atoms with van der Waals surface area (Å²) in [5, 5.41) is 2.53. The van der Waals surface area contributed by atoms with E-state index in [1.54, 1.807) is 0 Å². The van der Waals surface area contributed by atoms with Gasteiger partial charge in [0.1, 0.15) is 0 Å². The van der Waals surface area contributed by atoms with Crippen molar-refractivity contribution in [3.63, 3.8) is 0 Å². The van der Waals surface area contributed by atoms with Gasteiger partial charge in [-0.3, -0.25) is 0 Å². The fourth-order valence-corrected chi connectivity index (χ4v) is 7.26. The molecule has 2 nitrogen and oxygen atoms in total. The van der Waals surface area contributed by atoms with Gasteiger partial charge in [0.2, 0.25) is 0 Å². The van der Waals surface area contributed by atoms with Gasteiger partial charge >= 0.3 is 0 Å². The topological polar surface area (TPSA) is 8.17 Å². The molecular formula is C48H34N2. The third-order valence-electron chi connectivity index (χ3n) is 9.57. The predicted molar refractivity (Wildman–Crippen MR) is 212 cm³/mol. The van der Waals surface area contributed by atoms with Crippen molar-refractivity contribution in [1.82, 2.24) is 4.57 Å². The Labute approximate surface area is 292 Å². The first-order valence-electron chi connectivity index (χ1n) is 17.1. The van der Waals surface area contributed by atoms with Gasteiger partial charge in [-0.25, -0.2) is 0 Å². The van der Waals surface area contributed by atoms with E-state index in [2.05, 4.69) is 216 Å². The van der Waals surface area contributed by atoms with Crippen LogP contribution < -0.4 is 4.90 Å². The zero-order chi connectivity index (χ0) is 33.3.